The molecule has 0 radical (unpaired) electrons. The molecule has 0 spiro atoms. The summed E-state index contributed by atoms with van der Waals surface area (Å²) in [6.07, 6.45) is 0. The highest BCUT2D eigenvalue weighted by molar-refractivity contribution is 5.96. The van der Waals surface area contributed by atoms with E-state index < -0.39 is 0 Å². The minimum atomic E-state index is -0.109. The number of nitrogens with one attached hydrogen (secondary N) is 1. The molecule has 116 valence electrons. The molecular formula is C17H21N3O2. The van der Waals surface area contributed by atoms with Crippen LogP contribution in [-0.4, -0.2) is 26.1 Å². The van der Waals surface area contributed by atoms with Gasteiger partial charge in [0.2, 0.25) is 5.91 Å². The number of methoxy groups -OCH3 is 1. The Labute approximate surface area is 130 Å². The number of anilines is 3. The van der Waals surface area contributed by atoms with Crippen LogP contribution in [0.2, 0.25) is 0 Å². The molecule has 3 N–H and O–H groups in total. The van der Waals surface area contributed by atoms with Crippen LogP contribution >= 0.6 is 0 Å². The number of carbonyl (C=O) groups excluding carboxylic acids is 1. The molecule has 0 saturated carbocycles. The van der Waals surface area contributed by atoms with Crippen LogP contribution in [0, 0.1) is 0 Å². The van der Waals surface area contributed by atoms with Gasteiger partial charge in [0.1, 0.15) is 5.75 Å². The Kier molecular flexibility index (Phi) is 5.25. The Morgan fingerprint density at radius 3 is 2.55 bits per heavy atom. The predicted octanol–water partition coefficient (Wildman–Crippen LogP) is 2.74. The molecule has 5 nitrogen and oxygen atoms in total. The third-order valence-electron chi connectivity index (χ3n) is 3.37. The van der Waals surface area contributed by atoms with E-state index in [1.165, 1.54) is 0 Å². The highest BCUT2D eigenvalue weighted by Crippen LogP contribution is 2.24. The van der Waals surface area contributed by atoms with Crippen LogP contribution < -0.4 is 20.7 Å². The van der Waals surface area contributed by atoms with Gasteiger partial charge in [-0.15, -0.1) is 0 Å². The SMILES string of the molecule is CCN(CC(=O)Nc1ccc(OC)cc1N)c1ccccc1. The first kappa shape index (κ1) is 15.7. The molecule has 2 aromatic rings. The van der Waals surface area contributed by atoms with E-state index in [9.17, 15) is 4.79 Å². The van der Waals surface area contributed by atoms with Gasteiger partial charge >= 0.3 is 0 Å². The number of carbonyl (C=O) groups is 1. The number of rotatable bonds is 6. The van der Waals surface area contributed by atoms with Gasteiger partial charge in [-0.25, -0.2) is 0 Å². The Morgan fingerprint density at radius 2 is 1.95 bits per heavy atom. The number of hydrogen-bond acceptors (Lipinski definition) is 4. The number of likely N-dealkylation sites (N-methyl/N-ethyl adjacent to an activating group) is 1. The largest absolute Gasteiger partial charge is 0.497 e. The molecule has 0 saturated heterocycles. The van der Waals surface area contributed by atoms with Gasteiger partial charge < -0.3 is 20.7 Å². The quantitative estimate of drug-likeness (QED) is 0.805. The van der Waals surface area contributed by atoms with Crippen molar-refractivity contribution < 1.29 is 9.53 Å². The van der Waals surface area contributed by atoms with Gasteiger partial charge in [-0.05, 0) is 31.2 Å². The first-order chi connectivity index (χ1) is 10.6. The van der Waals surface area contributed by atoms with Crippen LogP contribution in [0.1, 0.15) is 6.92 Å². The van der Waals surface area contributed by atoms with Crippen molar-refractivity contribution in [1.82, 2.24) is 0 Å². The van der Waals surface area contributed by atoms with Gasteiger partial charge in [-0.2, -0.15) is 0 Å². The summed E-state index contributed by atoms with van der Waals surface area (Å²) in [6, 6.07) is 15.0. The van der Waals surface area contributed by atoms with E-state index in [0.717, 1.165) is 12.2 Å². The topological polar surface area (TPSA) is 67.6 Å². The molecule has 22 heavy (non-hydrogen) atoms. The molecule has 0 aliphatic carbocycles. The summed E-state index contributed by atoms with van der Waals surface area (Å²) in [7, 11) is 1.58. The third kappa shape index (κ3) is 3.91. The van der Waals surface area contributed by atoms with Gasteiger partial charge in [0.05, 0.1) is 25.0 Å². The highest BCUT2D eigenvalue weighted by atomic mass is 16.5. The number of nitrogen functional groups attached to an aromatic ring is 1. The zero-order chi connectivity index (χ0) is 15.9. The van der Waals surface area contributed by atoms with E-state index in [1.807, 2.05) is 42.2 Å². The van der Waals surface area contributed by atoms with Crippen molar-refractivity contribution in [2.45, 2.75) is 6.92 Å². The fourth-order valence-electron chi connectivity index (χ4n) is 2.17. The Balaban J connectivity index is 2.03. The molecule has 0 aromatic heterocycles. The van der Waals surface area contributed by atoms with E-state index in [2.05, 4.69) is 5.32 Å². The van der Waals surface area contributed by atoms with E-state index in [-0.39, 0.29) is 12.5 Å². The lowest BCUT2D eigenvalue weighted by atomic mass is 10.2. The average molecular weight is 299 g/mol. The highest BCUT2D eigenvalue weighted by Gasteiger charge is 2.11. The Morgan fingerprint density at radius 1 is 1.23 bits per heavy atom. The van der Waals surface area contributed by atoms with E-state index in [0.29, 0.717) is 17.1 Å². The first-order valence-electron chi connectivity index (χ1n) is 7.17. The van der Waals surface area contributed by atoms with Crippen LogP contribution in [0.3, 0.4) is 0 Å². The van der Waals surface area contributed by atoms with Crippen molar-refractivity contribution >= 4 is 23.0 Å². The van der Waals surface area contributed by atoms with Crippen molar-refractivity contribution in [3.05, 3.63) is 48.5 Å². The summed E-state index contributed by atoms with van der Waals surface area (Å²) in [5.74, 6) is 0.553. The maximum absolute atomic E-state index is 12.2. The molecule has 0 aliphatic heterocycles. The normalized spacial score (nSPS) is 10.1. The minimum Gasteiger partial charge on any atom is -0.497 e. The van der Waals surface area contributed by atoms with Crippen LogP contribution in [0.4, 0.5) is 17.1 Å². The van der Waals surface area contributed by atoms with Gasteiger partial charge in [0.15, 0.2) is 0 Å². The van der Waals surface area contributed by atoms with Gasteiger partial charge in [-0.3, -0.25) is 4.79 Å². The average Bonchev–Trinajstić information content (AvgIpc) is 2.55. The van der Waals surface area contributed by atoms with Gasteiger partial charge in [0.25, 0.3) is 0 Å². The van der Waals surface area contributed by atoms with Crippen molar-refractivity contribution in [3.8, 4) is 5.75 Å². The lowest BCUT2D eigenvalue weighted by Gasteiger charge is -2.22. The van der Waals surface area contributed by atoms with Crippen molar-refractivity contribution in [2.75, 3.05) is 36.1 Å². The monoisotopic (exact) mass is 299 g/mol. The molecule has 5 heteroatoms. The number of benzene rings is 2. The van der Waals surface area contributed by atoms with Gasteiger partial charge in [-0.1, -0.05) is 18.2 Å². The smallest absolute Gasteiger partial charge is 0.243 e. The molecule has 2 rings (SSSR count). The van der Waals surface area contributed by atoms with Crippen molar-refractivity contribution in [2.24, 2.45) is 0 Å². The lowest BCUT2D eigenvalue weighted by Crippen LogP contribution is -2.33. The van der Waals surface area contributed by atoms with Crippen LogP contribution in [0.15, 0.2) is 48.5 Å². The number of nitrogens with zero attached hydrogens (tertiary/aromatic N) is 1. The molecule has 0 aliphatic rings. The van der Waals surface area contributed by atoms with Crippen molar-refractivity contribution in [3.63, 3.8) is 0 Å². The minimum absolute atomic E-state index is 0.109. The molecule has 0 bridgehead atoms. The summed E-state index contributed by atoms with van der Waals surface area (Å²) in [4.78, 5) is 14.2. The molecule has 1 amide bonds. The van der Waals surface area contributed by atoms with E-state index in [1.54, 1.807) is 25.3 Å². The van der Waals surface area contributed by atoms with Crippen LogP contribution in [0.25, 0.3) is 0 Å². The number of nitrogens with two attached hydrogens (primary N) is 1. The Bertz CT molecular complexity index is 629. The number of hydrogen-bond donors (Lipinski definition) is 2. The molecule has 0 heterocycles. The number of para-hydroxylation sites is 1. The molecular weight excluding hydrogens is 278 g/mol. The maximum Gasteiger partial charge on any atom is 0.243 e. The number of ether oxygens (including phenoxy) is 1. The summed E-state index contributed by atoms with van der Waals surface area (Å²) in [5.41, 5.74) is 8.00. The summed E-state index contributed by atoms with van der Waals surface area (Å²) >= 11 is 0. The fraction of sp³-hybridized carbons (Fsp3) is 0.235. The molecule has 0 atom stereocenters. The zero-order valence-electron chi connectivity index (χ0n) is 12.9. The second kappa shape index (κ2) is 7.36. The number of amides is 1. The summed E-state index contributed by atoms with van der Waals surface area (Å²) < 4.78 is 5.09. The molecule has 0 fully saturated rings. The fourth-order valence-corrected chi connectivity index (χ4v) is 2.17. The second-order valence-corrected chi connectivity index (χ2v) is 4.85. The second-order valence-electron chi connectivity index (χ2n) is 4.85. The van der Waals surface area contributed by atoms with Crippen LogP contribution in [-0.2, 0) is 4.79 Å². The predicted molar refractivity (Wildman–Crippen MR) is 90.4 cm³/mol. The molecule has 0 unspecified atom stereocenters. The first-order valence-corrected chi connectivity index (χ1v) is 7.17. The van der Waals surface area contributed by atoms with E-state index in [4.69, 9.17) is 10.5 Å². The van der Waals surface area contributed by atoms with Crippen LogP contribution in [0.5, 0.6) is 5.75 Å². The molecule has 2 aromatic carbocycles. The zero-order valence-corrected chi connectivity index (χ0v) is 12.9. The van der Waals surface area contributed by atoms with E-state index >= 15 is 0 Å². The maximum atomic E-state index is 12.2. The lowest BCUT2D eigenvalue weighted by molar-refractivity contribution is -0.115. The van der Waals surface area contributed by atoms with Gasteiger partial charge in [0, 0.05) is 18.3 Å². The van der Waals surface area contributed by atoms with Crippen molar-refractivity contribution in [1.29, 1.82) is 0 Å². The summed E-state index contributed by atoms with van der Waals surface area (Å²) in [6.45, 7) is 3.03. The Hall–Kier alpha value is -2.69. The third-order valence-corrected chi connectivity index (χ3v) is 3.37. The summed E-state index contributed by atoms with van der Waals surface area (Å²) in [5, 5.41) is 2.83. The standard InChI is InChI=1S/C17H21N3O2/c1-3-20(13-7-5-4-6-8-13)12-17(21)19-16-10-9-14(22-2)11-15(16)18/h4-11H,3,12,18H2,1-2H3,(H,19,21).